The number of carbonyl (C=O) groups is 2. The van der Waals surface area contributed by atoms with Crippen molar-refractivity contribution in [1.29, 1.82) is 0 Å². The SMILES string of the molecule is Cc1ccc(OCCC(=O)N[C@H](C(N)=O)c2ccccc2)cc1. The van der Waals surface area contributed by atoms with Gasteiger partial charge in [0, 0.05) is 0 Å². The van der Waals surface area contributed by atoms with Gasteiger partial charge in [-0.1, -0.05) is 48.0 Å². The van der Waals surface area contributed by atoms with Crippen molar-refractivity contribution in [3.05, 3.63) is 65.7 Å². The number of hydrogen-bond donors (Lipinski definition) is 2. The Morgan fingerprint density at radius 1 is 1.09 bits per heavy atom. The molecule has 0 spiro atoms. The number of carbonyl (C=O) groups excluding carboxylic acids is 2. The Hall–Kier alpha value is -2.82. The topological polar surface area (TPSA) is 81.4 Å². The van der Waals surface area contributed by atoms with E-state index in [2.05, 4.69) is 5.32 Å². The molecular formula is C18H20N2O3. The zero-order valence-electron chi connectivity index (χ0n) is 13.0. The fraction of sp³-hybridized carbons (Fsp3) is 0.222. The maximum absolute atomic E-state index is 12.0. The molecule has 2 amide bonds. The second-order valence-electron chi connectivity index (χ2n) is 5.23. The van der Waals surface area contributed by atoms with Gasteiger partial charge in [0.15, 0.2) is 0 Å². The van der Waals surface area contributed by atoms with E-state index in [0.717, 1.165) is 5.56 Å². The third-order valence-electron chi connectivity index (χ3n) is 3.34. The molecule has 5 nitrogen and oxygen atoms in total. The normalized spacial score (nSPS) is 11.5. The number of hydrogen-bond acceptors (Lipinski definition) is 3. The first-order chi connectivity index (χ1) is 11.1. The summed E-state index contributed by atoms with van der Waals surface area (Å²) in [5.74, 6) is -0.174. The second-order valence-corrected chi connectivity index (χ2v) is 5.23. The van der Waals surface area contributed by atoms with E-state index in [0.29, 0.717) is 11.3 Å². The highest BCUT2D eigenvalue weighted by atomic mass is 16.5. The monoisotopic (exact) mass is 312 g/mol. The van der Waals surface area contributed by atoms with Crippen LogP contribution in [0.25, 0.3) is 0 Å². The molecule has 5 heteroatoms. The molecule has 3 N–H and O–H groups in total. The number of nitrogens with one attached hydrogen (secondary N) is 1. The average Bonchev–Trinajstić information content (AvgIpc) is 2.55. The van der Waals surface area contributed by atoms with Gasteiger partial charge in [0.2, 0.25) is 11.8 Å². The quantitative estimate of drug-likeness (QED) is 0.821. The van der Waals surface area contributed by atoms with Gasteiger partial charge in [-0.15, -0.1) is 0 Å². The maximum Gasteiger partial charge on any atom is 0.244 e. The predicted molar refractivity (Wildman–Crippen MR) is 87.8 cm³/mol. The lowest BCUT2D eigenvalue weighted by Crippen LogP contribution is -2.37. The Bertz CT molecular complexity index is 654. The van der Waals surface area contributed by atoms with Crippen LogP contribution in [0.2, 0.25) is 0 Å². The number of amides is 2. The van der Waals surface area contributed by atoms with Crippen molar-refractivity contribution in [3.63, 3.8) is 0 Å². The van der Waals surface area contributed by atoms with Crippen molar-refractivity contribution in [1.82, 2.24) is 5.32 Å². The fourth-order valence-electron chi connectivity index (χ4n) is 2.09. The van der Waals surface area contributed by atoms with Gasteiger partial charge in [-0.05, 0) is 24.6 Å². The predicted octanol–water partition coefficient (Wildman–Crippen LogP) is 2.11. The van der Waals surface area contributed by atoms with E-state index >= 15 is 0 Å². The average molecular weight is 312 g/mol. The van der Waals surface area contributed by atoms with Crippen LogP contribution in [0.3, 0.4) is 0 Å². The molecule has 0 radical (unpaired) electrons. The highest BCUT2D eigenvalue weighted by molar-refractivity contribution is 5.87. The van der Waals surface area contributed by atoms with Gasteiger partial charge in [-0.2, -0.15) is 0 Å². The summed E-state index contributed by atoms with van der Waals surface area (Å²) in [6.45, 7) is 2.22. The lowest BCUT2D eigenvalue weighted by Gasteiger charge is -2.16. The van der Waals surface area contributed by atoms with Gasteiger partial charge in [0.25, 0.3) is 0 Å². The van der Waals surface area contributed by atoms with E-state index in [1.807, 2.05) is 37.3 Å². The first kappa shape index (κ1) is 16.5. The summed E-state index contributed by atoms with van der Waals surface area (Å²) < 4.78 is 5.50. The minimum Gasteiger partial charge on any atom is -0.493 e. The van der Waals surface area contributed by atoms with Gasteiger partial charge in [-0.25, -0.2) is 0 Å². The van der Waals surface area contributed by atoms with Crippen LogP contribution in [-0.4, -0.2) is 18.4 Å². The highest BCUT2D eigenvalue weighted by Crippen LogP contribution is 2.13. The van der Waals surface area contributed by atoms with Crippen LogP contribution in [0, 0.1) is 6.92 Å². The van der Waals surface area contributed by atoms with Crippen LogP contribution in [0.4, 0.5) is 0 Å². The van der Waals surface area contributed by atoms with E-state index in [4.69, 9.17) is 10.5 Å². The largest absolute Gasteiger partial charge is 0.493 e. The molecule has 0 aliphatic rings. The molecule has 0 aliphatic heterocycles. The highest BCUT2D eigenvalue weighted by Gasteiger charge is 2.19. The zero-order chi connectivity index (χ0) is 16.7. The Labute approximate surface area is 135 Å². The smallest absolute Gasteiger partial charge is 0.244 e. The van der Waals surface area contributed by atoms with Crippen LogP contribution in [0.15, 0.2) is 54.6 Å². The number of ether oxygens (including phenoxy) is 1. The Balaban J connectivity index is 1.85. The number of aryl methyl sites for hydroxylation is 1. The molecule has 0 fully saturated rings. The number of nitrogens with two attached hydrogens (primary N) is 1. The molecular weight excluding hydrogens is 292 g/mol. The van der Waals surface area contributed by atoms with Gasteiger partial charge in [0.05, 0.1) is 13.0 Å². The van der Waals surface area contributed by atoms with Gasteiger partial charge in [0.1, 0.15) is 11.8 Å². The zero-order valence-corrected chi connectivity index (χ0v) is 13.0. The molecule has 120 valence electrons. The molecule has 0 heterocycles. The van der Waals surface area contributed by atoms with Crippen LogP contribution in [-0.2, 0) is 9.59 Å². The second kappa shape index (κ2) is 7.98. The maximum atomic E-state index is 12.0. The van der Waals surface area contributed by atoms with Crippen molar-refractivity contribution >= 4 is 11.8 Å². The van der Waals surface area contributed by atoms with Crippen molar-refractivity contribution in [3.8, 4) is 5.75 Å². The molecule has 0 aliphatic carbocycles. The lowest BCUT2D eigenvalue weighted by molar-refractivity contribution is -0.127. The standard InChI is InChI=1S/C18H20N2O3/c1-13-7-9-15(10-8-13)23-12-11-16(21)20-17(18(19)22)14-5-3-2-4-6-14/h2-10,17H,11-12H2,1H3,(H2,19,22)(H,20,21)/t17-/m0/s1. The van der Waals surface area contributed by atoms with Crippen LogP contribution < -0.4 is 15.8 Å². The molecule has 0 saturated carbocycles. The van der Waals surface area contributed by atoms with E-state index in [-0.39, 0.29) is 18.9 Å². The molecule has 0 aromatic heterocycles. The number of benzene rings is 2. The third-order valence-corrected chi connectivity index (χ3v) is 3.34. The van der Waals surface area contributed by atoms with E-state index < -0.39 is 11.9 Å². The fourth-order valence-corrected chi connectivity index (χ4v) is 2.09. The Morgan fingerprint density at radius 3 is 2.35 bits per heavy atom. The van der Waals surface area contributed by atoms with Gasteiger partial charge in [-0.3, -0.25) is 9.59 Å². The minimum atomic E-state index is -0.830. The van der Waals surface area contributed by atoms with Crippen molar-refractivity contribution in [2.75, 3.05) is 6.61 Å². The van der Waals surface area contributed by atoms with Crippen LogP contribution in [0.5, 0.6) is 5.75 Å². The summed E-state index contributed by atoms with van der Waals surface area (Å²) in [7, 11) is 0. The lowest BCUT2D eigenvalue weighted by atomic mass is 10.1. The molecule has 0 saturated heterocycles. The molecule has 2 aromatic carbocycles. The molecule has 2 aromatic rings. The first-order valence-corrected chi connectivity index (χ1v) is 7.39. The molecule has 1 atom stereocenters. The summed E-state index contributed by atoms with van der Waals surface area (Å²) >= 11 is 0. The molecule has 0 bridgehead atoms. The summed E-state index contributed by atoms with van der Waals surface area (Å²) in [5.41, 5.74) is 7.17. The van der Waals surface area contributed by atoms with Crippen molar-refractivity contribution in [2.24, 2.45) is 5.73 Å². The van der Waals surface area contributed by atoms with Gasteiger partial charge < -0.3 is 15.8 Å². The number of primary amides is 1. The molecule has 23 heavy (non-hydrogen) atoms. The van der Waals surface area contributed by atoms with E-state index in [1.165, 1.54) is 0 Å². The number of rotatable bonds is 7. The van der Waals surface area contributed by atoms with Crippen LogP contribution >= 0.6 is 0 Å². The van der Waals surface area contributed by atoms with E-state index in [1.54, 1.807) is 24.3 Å². The molecule has 0 unspecified atom stereocenters. The first-order valence-electron chi connectivity index (χ1n) is 7.39. The Morgan fingerprint density at radius 2 is 1.74 bits per heavy atom. The summed E-state index contributed by atoms with van der Waals surface area (Å²) in [6, 6.07) is 15.7. The third kappa shape index (κ3) is 5.14. The summed E-state index contributed by atoms with van der Waals surface area (Å²) in [6.07, 6.45) is 0.143. The van der Waals surface area contributed by atoms with Crippen LogP contribution in [0.1, 0.15) is 23.6 Å². The van der Waals surface area contributed by atoms with Gasteiger partial charge >= 0.3 is 0 Å². The van der Waals surface area contributed by atoms with E-state index in [9.17, 15) is 9.59 Å². The minimum absolute atomic E-state index is 0.143. The summed E-state index contributed by atoms with van der Waals surface area (Å²) in [5, 5.41) is 2.63. The summed E-state index contributed by atoms with van der Waals surface area (Å²) in [4.78, 5) is 23.5. The Kier molecular flexibility index (Phi) is 5.74. The van der Waals surface area contributed by atoms with Crippen molar-refractivity contribution < 1.29 is 14.3 Å². The molecule has 2 rings (SSSR count). The van der Waals surface area contributed by atoms with Crippen molar-refractivity contribution in [2.45, 2.75) is 19.4 Å².